The third kappa shape index (κ3) is 2.84. The van der Waals surface area contributed by atoms with Crippen LogP contribution in [0.2, 0.25) is 5.02 Å². The Bertz CT molecular complexity index is 1070. The molecule has 2 heterocycles. The molecular formula is C22H17ClN2O3. The fraction of sp³-hybridized carbons (Fsp3) is 0.136. The Kier molecular flexibility index (Phi) is 4.10. The minimum atomic E-state index is -0.311. The molecule has 3 aromatic carbocycles. The smallest absolute Gasteiger partial charge is 0.256 e. The highest BCUT2D eigenvalue weighted by Gasteiger charge is 2.36. The van der Waals surface area contributed by atoms with E-state index in [4.69, 9.17) is 21.1 Å². The molecule has 1 atom stereocenters. The van der Waals surface area contributed by atoms with Gasteiger partial charge in [-0.1, -0.05) is 48.0 Å². The van der Waals surface area contributed by atoms with Gasteiger partial charge >= 0.3 is 0 Å². The maximum absolute atomic E-state index is 13.1. The van der Waals surface area contributed by atoms with Crippen molar-refractivity contribution in [2.75, 3.05) is 12.1 Å². The minimum absolute atomic E-state index is 0.0159. The van der Waals surface area contributed by atoms with Crippen LogP contribution < -0.4 is 14.8 Å². The lowest BCUT2D eigenvalue weighted by Gasteiger charge is -2.27. The molecule has 140 valence electrons. The van der Waals surface area contributed by atoms with Crippen LogP contribution in [0.25, 0.3) is 0 Å². The van der Waals surface area contributed by atoms with E-state index in [9.17, 15) is 4.79 Å². The molecule has 3 aromatic rings. The Morgan fingerprint density at radius 3 is 2.68 bits per heavy atom. The number of para-hydroxylation sites is 1. The van der Waals surface area contributed by atoms with Gasteiger partial charge in [0.05, 0.1) is 10.7 Å². The summed E-state index contributed by atoms with van der Waals surface area (Å²) in [6.07, 6.45) is -0.311. The van der Waals surface area contributed by atoms with E-state index in [0.717, 1.165) is 22.6 Å². The van der Waals surface area contributed by atoms with Crippen LogP contribution >= 0.6 is 11.6 Å². The molecular weight excluding hydrogens is 376 g/mol. The summed E-state index contributed by atoms with van der Waals surface area (Å²) in [5.74, 6) is 1.42. The second-order valence-electron chi connectivity index (χ2n) is 6.73. The van der Waals surface area contributed by atoms with E-state index < -0.39 is 0 Å². The predicted octanol–water partition coefficient (Wildman–Crippen LogP) is 4.84. The van der Waals surface area contributed by atoms with Crippen LogP contribution in [0.3, 0.4) is 0 Å². The predicted molar refractivity (Wildman–Crippen MR) is 107 cm³/mol. The highest BCUT2D eigenvalue weighted by Crippen LogP contribution is 2.38. The van der Waals surface area contributed by atoms with Crippen LogP contribution in [0.5, 0.6) is 11.5 Å². The molecule has 6 heteroatoms. The molecule has 28 heavy (non-hydrogen) atoms. The van der Waals surface area contributed by atoms with Gasteiger partial charge in [0.25, 0.3) is 5.91 Å². The van der Waals surface area contributed by atoms with Gasteiger partial charge in [-0.25, -0.2) is 0 Å². The fourth-order valence-electron chi connectivity index (χ4n) is 3.65. The molecule has 0 aromatic heterocycles. The lowest BCUT2D eigenvalue weighted by Crippen LogP contribution is -2.31. The summed E-state index contributed by atoms with van der Waals surface area (Å²) in [6, 6.07) is 20.9. The van der Waals surface area contributed by atoms with Gasteiger partial charge in [0.15, 0.2) is 11.5 Å². The molecule has 0 bridgehead atoms. The molecule has 5 rings (SSSR count). The van der Waals surface area contributed by atoms with Crippen LogP contribution in [0.1, 0.15) is 27.7 Å². The van der Waals surface area contributed by atoms with Crippen molar-refractivity contribution in [2.45, 2.75) is 12.7 Å². The number of ether oxygens (including phenoxy) is 2. The molecule has 0 spiro atoms. The van der Waals surface area contributed by atoms with Gasteiger partial charge in [-0.3, -0.25) is 4.79 Å². The minimum Gasteiger partial charge on any atom is -0.454 e. The fourth-order valence-corrected chi connectivity index (χ4v) is 3.84. The summed E-state index contributed by atoms with van der Waals surface area (Å²) in [7, 11) is 0. The largest absolute Gasteiger partial charge is 0.454 e. The zero-order valence-corrected chi connectivity index (χ0v) is 15.6. The van der Waals surface area contributed by atoms with Crippen LogP contribution in [0, 0.1) is 0 Å². The standard InChI is InChI=1S/C22H17ClN2O3/c23-17-7-3-4-8-18(17)24-21-15-5-1-2-6-16(15)22(26)25(21)12-14-9-10-19-20(11-14)28-13-27-19/h1-11,21,24H,12-13H2/t21-/m0/s1. The number of anilines is 1. The van der Waals surface area contributed by atoms with Crippen LogP contribution in [-0.4, -0.2) is 17.6 Å². The summed E-state index contributed by atoms with van der Waals surface area (Å²) in [5.41, 5.74) is 3.40. The Labute approximate surface area is 167 Å². The normalized spacial score (nSPS) is 17.0. The molecule has 0 saturated carbocycles. The molecule has 1 amide bonds. The Hall–Kier alpha value is -3.18. The van der Waals surface area contributed by atoms with Crippen molar-refractivity contribution in [3.05, 3.63) is 88.4 Å². The Morgan fingerprint density at radius 1 is 1.00 bits per heavy atom. The highest BCUT2D eigenvalue weighted by molar-refractivity contribution is 6.33. The number of rotatable bonds is 4. The molecule has 1 N–H and O–H groups in total. The lowest BCUT2D eigenvalue weighted by molar-refractivity contribution is 0.0728. The average Bonchev–Trinajstić information content (AvgIpc) is 3.28. The molecule has 0 unspecified atom stereocenters. The Morgan fingerprint density at radius 2 is 1.79 bits per heavy atom. The quantitative estimate of drug-likeness (QED) is 0.690. The van der Waals surface area contributed by atoms with Gasteiger partial charge in [-0.15, -0.1) is 0 Å². The van der Waals surface area contributed by atoms with E-state index in [1.165, 1.54) is 0 Å². The van der Waals surface area contributed by atoms with E-state index in [2.05, 4.69) is 5.32 Å². The number of nitrogens with zero attached hydrogens (tertiary/aromatic N) is 1. The first-order chi connectivity index (χ1) is 13.7. The number of carbonyl (C=O) groups excluding carboxylic acids is 1. The highest BCUT2D eigenvalue weighted by atomic mass is 35.5. The maximum atomic E-state index is 13.1. The third-order valence-corrected chi connectivity index (χ3v) is 5.34. The summed E-state index contributed by atoms with van der Waals surface area (Å²) in [5, 5.41) is 4.05. The van der Waals surface area contributed by atoms with E-state index >= 15 is 0 Å². The number of benzene rings is 3. The number of amides is 1. The van der Waals surface area contributed by atoms with E-state index in [0.29, 0.717) is 22.9 Å². The molecule has 0 radical (unpaired) electrons. The lowest BCUT2D eigenvalue weighted by atomic mass is 10.1. The van der Waals surface area contributed by atoms with E-state index in [-0.39, 0.29) is 18.9 Å². The molecule has 2 aliphatic heterocycles. The number of fused-ring (bicyclic) bond motifs is 2. The summed E-state index contributed by atoms with van der Waals surface area (Å²) in [6.45, 7) is 0.663. The number of hydrogen-bond donors (Lipinski definition) is 1. The van der Waals surface area contributed by atoms with Crippen molar-refractivity contribution in [3.63, 3.8) is 0 Å². The van der Waals surface area contributed by atoms with Crippen molar-refractivity contribution in [3.8, 4) is 11.5 Å². The van der Waals surface area contributed by atoms with Gasteiger partial charge in [0, 0.05) is 17.7 Å². The maximum Gasteiger partial charge on any atom is 0.256 e. The first kappa shape index (κ1) is 17.0. The van der Waals surface area contributed by atoms with Crippen LogP contribution in [0.15, 0.2) is 66.7 Å². The second kappa shape index (κ2) is 6.77. The van der Waals surface area contributed by atoms with Crippen molar-refractivity contribution < 1.29 is 14.3 Å². The number of carbonyl (C=O) groups is 1. The number of halogens is 1. The van der Waals surface area contributed by atoms with Crippen LogP contribution in [-0.2, 0) is 6.54 Å². The SMILES string of the molecule is O=C1c2ccccc2[C@@H](Nc2ccccc2Cl)N1Cc1ccc2c(c1)OCO2. The number of nitrogens with one attached hydrogen (secondary N) is 1. The molecule has 5 nitrogen and oxygen atoms in total. The Balaban J connectivity index is 1.50. The van der Waals surface area contributed by atoms with Gasteiger partial charge < -0.3 is 19.7 Å². The van der Waals surface area contributed by atoms with Gasteiger partial charge in [-0.05, 0) is 35.9 Å². The van der Waals surface area contributed by atoms with Crippen molar-refractivity contribution in [1.82, 2.24) is 4.90 Å². The van der Waals surface area contributed by atoms with Crippen molar-refractivity contribution >= 4 is 23.2 Å². The zero-order chi connectivity index (χ0) is 19.1. The monoisotopic (exact) mass is 392 g/mol. The summed E-state index contributed by atoms with van der Waals surface area (Å²) in [4.78, 5) is 14.9. The van der Waals surface area contributed by atoms with Crippen LogP contribution in [0.4, 0.5) is 5.69 Å². The number of hydrogen-bond acceptors (Lipinski definition) is 4. The second-order valence-corrected chi connectivity index (χ2v) is 7.14. The average molecular weight is 393 g/mol. The van der Waals surface area contributed by atoms with Gasteiger partial charge in [-0.2, -0.15) is 0 Å². The summed E-state index contributed by atoms with van der Waals surface area (Å²) >= 11 is 6.34. The van der Waals surface area contributed by atoms with E-state index in [1.54, 1.807) is 0 Å². The zero-order valence-electron chi connectivity index (χ0n) is 14.9. The van der Waals surface area contributed by atoms with Gasteiger partial charge in [0.2, 0.25) is 6.79 Å². The van der Waals surface area contributed by atoms with E-state index in [1.807, 2.05) is 71.6 Å². The first-order valence-corrected chi connectivity index (χ1v) is 9.38. The molecule has 2 aliphatic rings. The molecule has 0 aliphatic carbocycles. The third-order valence-electron chi connectivity index (χ3n) is 5.01. The molecule has 0 saturated heterocycles. The topological polar surface area (TPSA) is 50.8 Å². The van der Waals surface area contributed by atoms with Gasteiger partial charge in [0.1, 0.15) is 6.17 Å². The van der Waals surface area contributed by atoms with Crippen molar-refractivity contribution in [1.29, 1.82) is 0 Å². The molecule has 0 fully saturated rings. The first-order valence-electron chi connectivity index (χ1n) is 9.00. The summed E-state index contributed by atoms with van der Waals surface area (Å²) < 4.78 is 10.9. The van der Waals surface area contributed by atoms with Crippen molar-refractivity contribution in [2.24, 2.45) is 0 Å².